The quantitative estimate of drug-likeness (QED) is 0.235. The van der Waals surface area contributed by atoms with Crippen LogP contribution in [0.15, 0.2) is 12.1 Å². The molecular weight excluding hydrogens is 371 g/mol. The third-order valence-electron chi connectivity index (χ3n) is 5.39. The summed E-state index contributed by atoms with van der Waals surface area (Å²) in [6.45, 7) is 0.398. The van der Waals surface area contributed by atoms with Crippen LogP contribution >= 0.6 is 0 Å². The third kappa shape index (κ3) is 4.09. The van der Waals surface area contributed by atoms with Crippen molar-refractivity contribution in [1.29, 1.82) is 0 Å². The second-order valence-electron chi connectivity index (χ2n) is 7.71. The molecule has 1 aliphatic heterocycles. The van der Waals surface area contributed by atoms with Gasteiger partial charge in [0.15, 0.2) is 0 Å². The maximum atomic E-state index is 11.6. The van der Waals surface area contributed by atoms with Gasteiger partial charge in [-0.25, -0.2) is 4.79 Å². The number of carboxylic acids is 1. The molecule has 2 fully saturated rings. The number of hydrogen-bond acceptors (Lipinski definition) is 9. The van der Waals surface area contributed by atoms with E-state index in [9.17, 15) is 35.3 Å². The highest BCUT2D eigenvalue weighted by Crippen LogP contribution is 2.56. The van der Waals surface area contributed by atoms with Crippen molar-refractivity contribution in [3.8, 4) is 11.5 Å². The standard InChI is InChI=1S/C17H25BN2O8/c19-17(7-21,8-22)6-20-4-9(5-20)28-13-2-1-10(11-3-12(11)18(26)27)15(23)14(13)16(24)25/h1-2,9,11-12,21-23,26-27H,3-8,19H2,(H,24,25)/t11-,12-/m1/s1. The summed E-state index contributed by atoms with van der Waals surface area (Å²) in [4.78, 5) is 13.5. The molecule has 154 valence electrons. The summed E-state index contributed by atoms with van der Waals surface area (Å²) in [5, 5.41) is 56.9. The van der Waals surface area contributed by atoms with E-state index in [0.29, 0.717) is 25.1 Å². The van der Waals surface area contributed by atoms with Gasteiger partial charge in [0.25, 0.3) is 0 Å². The van der Waals surface area contributed by atoms with Crippen LogP contribution < -0.4 is 10.5 Å². The van der Waals surface area contributed by atoms with Crippen LogP contribution in [0.1, 0.15) is 28.3 Å². The maximum Gasteiger partial charge on any atom is 0.455 e. The predicted molar refractivity (Wildman–Crippen MR) is 98.3 cm³/mol. The number of ether oxygens (including phenoxy) is 1. The van der Waals surface area contributed by atoms with E-state index in [4.69, 9.17) is 10.5 Å². The summed E-state index contributed by atoms with van der Waals surface area (Å²) in [5.41, 5.74) is 4.73. The number of rotatable bonds is 9. The number of aromatic carboxylic acids is 1. The molecule has 0 aromatic heterocycles. The first-order chi connectivity index (χ1) is 13.2. The van der Waals surface area contributed by atoms with Crippen molar-refractivity contribution in [3.63, 3.8) is 0 Å². The van der Waals surface area contributed by atoms with E-state index in [1.165, 1.54) is 6.07 Å². The number of carboxylic acid groups (broad SMARTS) is 1. The van der Waals surface area contributed by atoms with E-state index in [1.807, 2.05) is 4.90 Å². The van der Waals surface area contributed by atoms with Gasteiger partial charge in [-0.05, 0) is 24.0 Å². The van der Waals surface area contributed by atoms with E-state index >= 15 is 0 Å². The molecule has 10 nitrogen and oxygen atoms in total. The van der Waals surface area contributed by atoms with Gasteiger partial charge >= 0.3 is 13.1 Å². The number of benzene rings is 1. The molecular formula is C17H25BN2O8. The molecule has 0 bridgehead atoms. The number of likely N-dealkylation sites (tertiary alicyclic amines) is 1. The zero-order valence-corrected chi connectivity index (χ0v) is 15.2. The summed E-state index contributed by atoms with van der Waals surface area (Å²) in [7, 11) is -1.51. The lowest BCUT2D eigenvalue weighted by atomic mass is 9.81. The maximum absolute atomic E-state index is 11.6. The Balaban J connectivity index is 1.67. The van der Waals surface area contributed by atoms with Crippen LogP contribution in [-0.2, 0) is 0 Å². The Morgan fingerprint density at radius 2 is 1.93 bits per heavy atom. The largest absolute Gasteiger partial charge is 0.507 e. The molecule has 11 heteroatoms. The van der Waals surface area contributed by atoms with Crippen molar-refractivity contribution in [2.45, 2.75) is 29.8 Å². The Morgan fingerprint density at radius 1 is 1.29 bits per heavy atom. The monoisotopic (exact) mass is 396 g/mol. The molecule has 0 spiro atoms. The average Bonchev–Trinajstić information content (AvgIpc) is 3.40. The number of aliphatic hydroxyl groups excluding tert-OH is 2. The minimum absolute atomic E-state index is 0.0310. The highest BCUT2D eigenvalue weighted by molar-refractivity contribution is 6.44. The molecule has 1 aromatic rings. The summed E-state index contributed by atoms with van der Waals surface area (Å²) in [6, 6.07) is 3.01. The number of aromatic hydroxyl groups is 1. The van der Waals surface area contributed by atoms with E-state index in [1.54, 1.807) is 6.07 Å². The Kier molecular flexibility index (Phi) is 5.85. The first kappa shape index (κ1) is 20.8. The van der Waals surface area contributed by atoms with Gasteiger partial charge in [-0.15, -0.1) is 0 Å². The van der Waals surface area contributed by atoms with Gasteiger partial charge in [0.2, 0.25) is 0 Å². The molecule has 28 heavy (non-hydrogen) atoms. The van der Waals surface area contributed by atoms with Gasteiger partial charge in [0, 0.05) is 25.5 Å². The number of phenols is 1. The predicted octanol–water partition coefficient (Wildman–Crippen LogP) is -1.83. The van der Waals surface area contributed by atoms with E-state index in [0.717, 1.165) is 0 Å². The van der Waals surface area contributed by atoms with Crippen molar-refractivity contribution in [1.82, 2.24) is 4.90 Å². The molecule has 1 heterocycles. The van der Waals surface area contributed by atoms with Gasteiger partial charge < -0.3 is 40.9 Å². The smallest absolute Gasteiger partial charge is 0.455 e. The highest BCUT2D eigenvalue weighted by atomic mass is 16.5. The normalized spacial score (nSPS) is 22.6. The fraction of sp³-hybridized carbons (Fsp3) is 0.588. The molecule has 2 aliphatic rings. The zero-order chi connectivity index (χ0) is 20.6. The molecule has 3 rings (SSSR count). The number of nitrogens with zero attached hydrogens (tertiary/aromatic N) is 1. The van der Waals surface area contributed by atoms with Crippen molar-refractivity contribution in [3.05, 3.63) is 23.3 Å². The molecule has 0 amide bonds. The first-order valence-electron chi connectivity index (χ1n) is 9.04. The van der Waals surface area contributed by atoms with Crippen molar-refractivity contribution < 1.29 is 40.0 Å². The van der Waals surface area contributed by atoms with E-state index < -0.39 is 30.2 Å². The van der Waals surface area contributed by atoms with Crippen molar-refractivity contribution >= 4 is 13.1 Å². The van der Waals surface area contributed by atoms with Gasteiger partial charge in [-0.2, -0.15) is 0 Å². The van der Waals surface area contributed by atoms with Crippen LogP contribution in [0.3, 0.4) is 0 Å². The van der Waals surface area contributed by atoms with Crippen molar-refractivity contribution in [2.75, 3.05) is 32.8 Å². The van der Waals surface area contributed by atoms with Crippen LogP contribution in [0.2, 0.25) is 5.82 Å². The second kappa shape index (κ2) is 7.86. The Bertz CT molecular complexity index is 736. The number of carbonyl (C=O) groups is 1. The topological polar surface area (TPSA) is 177 Å². The van der Waals surface area contributed by atoms with Gasteiger partial charge in [0.05, 0.1) is 18.8 Å². The summed E-state index contributed by atoms with van der Waals surface area (Å²) < 4.78 is 5.72. The lowest BCUT2D eigenvalue weighted by Crippen LogP contribution is -2.63. The summed E-state index contributed by atoms with van der Waals surface area (Å²) >= 11 is 0. The molecule has 0 radical (unpaired) electrons. The third-order valence-corrected chi connectivity index (χ3v) is 5.39. The highest BCUT2D eigenvalue weighted by Gasteiger charge is 2.48. The van der Waals surface area contributed by atoms with E-state index in [-0.39, 0.29) is 43.1 Å². The van der Waals surface area contributed by atoms with Crippen LogP contribution in [-0.4, -0.2) is 93.0 Å². The number of hydrogen-bond donors (Lipinski definition) is 7. The Hall–Kier alpha value is -1.89. The SMILES string of the molecule is NC(CO)(CO)CN1CC(Oc2ccc([C@H]3C[C@H]3B(O)O)c(O)c2C(=O)O)C1. The molecule has 1 aromatic carbocycles. The molecule has 1 saturated heterocycles. The zero-order valence-electron chi connectivity index (χ0n) is 15.2. The second-order valence-corrected chi connectivity index (χ2v) is 7.71. The van der Waals surface area contributed by atoms with Crippen molar-refractivity contribution in [2.24, 2.45) is 5.73 Å². The molecule has 1 aliphatic carbocycles. The fourth-order valence-electron chi connectivity index (χ4n) is 3.60. The average molecular weight is 396 g/mol. The molecule has 8 N–H and O–H groups in total. The Morgan fingerprint density at radius 3 is 2.43 bits per heavy atom. The summed E-state index contributed by atoms with van der Waals surface area (Å²) in [6.07, 6.45) is 0.136. The Labute approximate surface area is 161 Å². The minimum atomic E-state index is -1.51. The minimum Gasteiger partial charge on any atom is -0.507 e. The van der Waals surface area contributed by atoms with Gasteiger partial charge in [0.1, 0.15) is 23.2 Å². The van der Waals surface area contributed by atoms with Crippen LogP contribution in [0.4, 0.5) is 0 Å². The van der Waals surface area contributed by atoms with Gasteiger partial charge in [-0.1, -0.05) is 6.07 Å². The number of aliphatic hydroxyl groups is 2. The lowest BCUT2D eigenvalue weighted by molar-refractivity contribution is -0.0121. The molecule has 1 saturated carbocycles. The molecule has 0 unspecified atom stereocenters. The van der Waals surface area contributed by atoms with Crippen LogP contribution in [0.25, 0.3) is 0 Å². The van der Waals surface area contributed by atoms with Gasteiger partial charge in [-0.3, -0.25) is 4.90 Å². The lowest BCUT2D eigenvalue weighted by Gasteiger charge is -2.43. The summed E-state index contributed by atoms with van der Waals surface area (Å²) in [5.74, 6) is -2.46. The van der Waals surface area contributed by atoms with Crippen LogP contribution in [0.5, 0.6) is 11.5 Å². The first-order valence-corrected chi connectivity index (χ1v) is 9.04. The van der Waals surface area contributed by atoms with E-state index in [2.05, 4.69) is 0 Å². The fourth-order valence-corrected chi connectivity index (χ4v) is 3.60. The molecule has 2 atom stereocenters. The van der Waals surface area contributed by atoms with Crippen LogP contribution in [0, 0.1) is 0 Å². The number of nitrogens with two attached hydrogens (primary N) is 1.